The lowest BCUT2D eigenvalue weighted by molar-refractivity contribution is 0.00975. The summed E-state index contributed by atoms with van der Waals surface area (Å²) in [4.78, 5) is 0. The molecule has 0 saturated heterocycles. The average molecular weight is 326 g/mol. The maximum absolute atomic E-state index is 6.00. The van der Waals surface area contributed by atoms with E-state index in [9.17, 15) is 0 Å². The van der Waals surface area contributed by atoms with Crippen molar-refractivity contribution in [3.8, 4) is 11.5 Å². The van der Waals surface area contributed by atoms with Gasteiger partial charge in [0.25, 0.3) is 0 Å². The Labute approximate surface area is 143 Å². The van der Waals surface area contributed by atoms with Crippen LogP contribution < -0.4 is 20.9 Å². The molecule has 0 radical (unpaired) electrons. The van der Waals surface area contributed by atoms with E-state index in [0.717, 1.165) is 35.5 Å². The Morgan fingerprint density at radius 3 is 1.42 bits per heavy atom. The fraction of sp³-hybridized carbons (Fsp3) is 0.400. The van der Waals surface area contributed by atoms with E-state index in [1.165, 1.54) is 6.42 Å². The van der Waals surface area contributed by atoms with Gasteiger partial charge in [-0.15, -0.1) is 0 Å². The van der Waals surface area contributed by atoms with Gasteiger partial charge in [0.05, 0.1) is 13.2 Å². The molecule has 4 nitrogen and oxygen atoms in total. The minimum absolute atomic E-state index is 0.124. The highest BCUT2D eigenvalue weighted by atomic mass is 16.5. The fourth-order valence-corrected chi connectivity index (χ4v) is 2.92. The molecule has 2 aromatic carbocycles. The summed E-state index contributed by atoms with van der Waals surface area (Å²) in [6.07, 6.45) is 3.54. The largest absolute Gasteiger partial charge is 0.493 e. The molecule has 0 aromatic heterocycles. The number of nitrogens with two attached hydrogens (primary N) is 2. The number of benzene rings is 2. The highest BCUT2D eigenvalue weighted by Crippen LogP contribution is 2.41. The van der Waals surface area contributed by atoms with Gasteiger partial charge in [0.15, 0.2) is 0 Å². The quantitative estimate of drug-likeness (QED) is 0.781. The highest BCUT2D eigenvalue weighted by molar-refractivity contribution is 5.28. The lowest BCUT2D eigenvalue weighted by atomic mass is 9.70. The molecule has 1 saturated carbocycles. The molecule has 2 aromatic rings. The standard InChI is InChI=1S/C20H26N2O2/c21-12-16-2-6-18(7-3-16)23-14-20(10-1-11-20)15-24-19-8-4-17(13-22)5-9-19/h2-9H,1,10-15,21-22H2. The highest BCUT2D eigenvalue weighted by Gasteiger charge is 2.39. The molecule has 0 aliphatic heterocycles. The van der Waals surface area contributed by atoms with Crippen LogP contribution in [-0.4, -0.2) is 13.2 Å². The van der Waals surface area contributed by atoms with Crippen LogP contribution in [0.2, 0.25) is 0 Å². The minimum Gasteiger partial charge on any atom is -0.493 e. The van der Waals surface area contributed by atoms with Gasteiger partial charge < -0.3 is 20.9 Å². The van der Waals surface area contributed by atoms with Crippen molar-refractivity contribution in [2.75, 3.05) is 13.2 Å². The molecular weight excluding hydrogens is 300 g/mol. The van der Waals surface area contributed by atoms with Gasteiger partial charge in [-0.3, -0.25) is 0 Å². The number of rotatable bonds is 8. The third kappa shape index (κ3) is 4.08. The topological polar surface area (TPSA) is 70.5 Å². The predicted octanol–water partition coefficient (Wildman–Crippen LogP) is 3.23. The van der Waals surface area contributed by atoms with E-state index in [0.29, 0.717) is 26.3 Å². The summed E-state index contributed by atoms with van der Waals surface area (Å²) >= 11 is 0. The monoisotopic (exact) mass is 326 g/mol. The molecule has 0 bridgehead atoms. The van der Waals surface area contributed by atoms with Gasteiger partial charge in [-0.2, -0.15) is 0 Å². The van der Waals surface area contributed by atoms with E-state index in [1.54, 1.807) is 0 Å². The fourth-order valence-electron chi connectivity index (χ4n) is 2.92. The smallest absolute Gasteiger partial charge is 0.119 e. The van der Waals surface area contributed by atoms with Gasteiger partial charge in [0.2, 0.25) is 0 Å². The molecule has 0 heterocycles. The van der Waals surface area contributed by atoms with Crippen molar-refractivity contribution in [1.29, 1.82) is 0 Å². The number of ether oxygens (including phenoxy) is 2. The maximum Gasteiger partial charge on any atom is 0.119 e. The molecular formula is C20H26N2O2. The lowest BCUT2D eigenvalue weighted by Crippen LogP contribution is -2.41. The first-order chi connectivity index (χ1) is 11.7. The van der Waals surface area contributed by atoms with Gasteiger partial charge in [-0.05, 0) is 48.2 Å². The second kappa shape index (κ2) is 7.69. The summed E-state index contributed by atoms with van der Waals surface area (Å²) in [6, 6.07) is 16.0. The van der Waals surface area contributed by atoms with E-state index in [-0.39, 0.29) is 5.41 Å². The lowest BCUT2D eigenvalue weighted by Gasteiger charge is -2.41. The molecule has 0 unspecified atom stereocenters. The van der Waals surface area contributed by atoms with Gasteiger partial charge in [0, 0.05) is 18.5 Å². The van der Waals surface area contributed by atoms with Crippen molar-refractivity contribution in [1.82, 2.24) is 0 Å². The summed E-state index contributed by atoms with van der Waals surface area (Å²) in [5.41, 5.74) is 13.6. The van der Waals surface area contributed by atoms with Crippen LogP contribution in [0, 0.1) is 5.41 Å². The zero-order valence-corrected chi connectivity index (χ0v) is 14.0. The first kappa shape index (κ1) is 16.8. The molecule has 4 heteroatoms. The van der Waals surface area contributed by atoms with Crippen LogP contribution in [0.25, 0.3) is 0 Å². The van der Waals surface area contributed by atoms with Crippen LogP contribution in [0.15, 0.2) is 48.5 Å². The van der Waals surface area contributed by atoms with Crippen LogP contribution in [0.1, 0.15) is 30.4 Å². The van der Waals surface area contributed by atoms with Crippen LogP contribution >= 0.6 is 0 Å². The Morgan fingerprint density at radius 2 is 1.12 bits per heavy atom. The van der Waals surface area contributed by atoms with E-state index in [2.05, 4.69) is 0 Å². The molecule has 0 amide bonds. The molecule has 4 N–H and O–H groups in total. The zero-order chi connectivity index (χ0) is 16.8. The molecule has 128 valence electrons. The molecule has 0 spiro atoms. The molecule has 0 atom stereocenters. The van der Waals surface area contributed by atoms with Crippen LogP contribution in [0.3, 0.4) is 0 Å². The van der Waals surface area contributed by atoms with Crippen molar-refractivity contribution in [2.45, 2.75) is 32.4 Å². The summed E-state index contributed by atoms with van der Waals surface area (Å²) < 4.78 is 12.0. The van der Waals surface area contributed by atoms with E-state index in [4.69, 9.17) is 20.9 Å². The first-order valence-corrected chi connectivity index (χ1v) is 8.57. The molecule has 3 rings (SSSR count). The average Bonchev–Trinajstić information content (AvgIpc) is 2.61. The van der Waals surface area contributed by atoms with Crippen molar-refractivity contribution < 1.29 is 9.47 Å². The summed E-state index contributed by atoms with van der Waals surface area (Å²) in [7, 11) is 0. The molecule has 24 heavy (non-hydrogen) atoms. The first-order valence-electron chi connectivity index (χ1n) is 8.57. The molecule has 1 fully saturated rings. The molecule has 1 aliphatic carbocycles. The Bertz CT molecular complexity index is 580. The normalized spacial score (nSPS) is 15.6. The Morgan fingerprint density at radius 1 is 0.708 bits per heavy atom. The second-order valence-electron chi connectivity index (χ2n) is 6.63. The van der Waals surface area contributed by atoms with Crippen molar-refractivity contribution in [3.63, 3.8) is 0 Å². The van der Waals surface area contributed by atoms with Gasteiger partial charge in [-0.25, -0.2) is 0 Å². The Kier molecular flexibility index (Phi) is 5.38. The van der Waals surface area contributed by atoms with E-state index < -0.39 is 0 Å². The van der Waals surface area contributed by atoms with E-state index in [1.807, 2.05) is 48.5 Å². The third-order valence-electron chi connectivity index (χ3n) is 4.82. The zero-order valence-electron chi connectivity index (χ0n) is 14.0. The van der Waals surface area contributed by atoms with Gasteiger partial charge in [-0.1, -0.05) is 30.7 Å². The molecule has 1 aliphatic rings. The summed E-state index contributed by atoms with van der Waals surface area (Å²) in [6.45, 7) is 2.49. The Balaban J connectivity index is 1.53. The Hall–Kier alpha value is -2.04. The third-order valence-corrected chi connectivity index (χ3v) is 4.82. The SMILES string of the molecule is NCc1ccc(OCC2(COc3ccc(CN)cc3)CCC2)cc1. The van der Waals surface area contributed by atoms with Crippen LogP contribution in [0.5, 0.6) is 11.5 Å². The minimum atomic E-state index is 0.124. The van der Waals surface area contributed by atoms with Gasteiger partial charge in [0.1, 0.15) is 11.5 Å². The summed E-state index contributed by atoms with van der Waals surface area (Å²) in [5.74, 6) is 1.79. The van der Waals surface area contributed by atoms with Crippen molar-refractivity contribution in [2.24, 2.45) is 16.9 Å². The number of hydrogen-bond acceptors (Lipinski definition) is 4. The van der Waals surface area contributed by atoms with Crippen molar-refractivity contribution >= 4 is 0 Å². The number of hydrogen-bond donors (Lipinski definition) is 2. The van der Waals surface area contributed by atoms with Crippen LogP contribution in [-0.2, 0) is 13.1 Å². The van der Waals surface area contributed by atoms with E-state index >= 15 is 0 Å². The van der Waals surface area contributed by atoms with Crippen molar-refractivity contribution in [3.05, 3.63) is 59.7 Å². The van der Waals surface area contributed by atoms with Crippen LogP contribution in [0.4, 0.5) is 0 Å². The maximum atomic E-state index is 6.00. The predicted molar refractivity (Wildman–Crippen MR) is 95.9 cm³/mol. The second-order valence-corrected chi connectivity index (χ2v) is 6.63. The summed E-state index contributed by atoms with van der Waals surface area (Å²) in [5, 5.41) is 0. The van der Waals surface area contributed by atoms with Gasteiger partial charge >= 0.3 is 0 Å².